The molecule has 0 radical (unpaired) electrons. The summed E-state index contributed by atoms with van der Waals surface area (Å²) in [5, 5.41) is 2.42. The van der Waals surface area contributed by atoms with Gasteiger partial charge in [0.05, 0.1) is 22.9 Å². The summed E-state index contributed by atoms with van der Waals surface area (Å²) >= 11 is 6.19. The number of pyridine rings is 2. The highest BCUT2D eigenvalue weighted by Crippen LogP contribution is 2.44. The lowest BCUT2D eigenvalue weighted by Gasteiger charge is -2.36. The molecule has 2 aliphatic heterocycles. The van der Waals surface area contributed by atoms with Crippen LogP contribution in [0.15, 0.2) is 36.7 Å². The van der Waals surface area contributed by atoms with Crippen LogP contribution in [0.25, 0.3) is 11.1 Å². The molecule has 0 spiro atoms. The van der Waals surface area contributed by atoms with Crippen molar-refractivity contribution in [2.45, 2.75) is 31.3 Å². The summed E-state index contributed by atoms with van der Waals surface area (Å²) in [4.78, 5) is 21.6. The van der Waals surface area contributed by atoms with E-state index in [-0.39, 0.29) is 33.9 Å². The number of anilines is 1. The minimum atomic E-state index is -1.00. The molecule has 0 unspecified atom stereocenters. The average molecular weight is 463 g/mol. The van der Waals surface area contributed by atoms with Crippen molar-refractivity contribution in [3.8, 4) is 11.1 Å². The summed E-state index contributed by atoms with van der Waals surface area (Å²) in [5.74, 6) is -3.22. The molecule has 3 aromatic rings. The summed E-state index contributed by atoms with van der Waals surface area (Å²) in [7, 11) is 0. The predicted octanol–water partition coefficient (Wildman–Crippen LogP) is 5.65. The molecule has 164 valence electrons. The zero-order chi connectivity index (χ0) is 22.6. The van der Waals surface area contributed by atoms with Gasteiger partial charge in [-0.3, -0.25) is 0 Å². The summed E-state index contributed by atoms with van der Waals surface area (Å²) in [6, 6.07) is 3.47. The Balaban J connectivity index is 1.43. The Morgan fingerprint density at radius 1 is 1.06 bits per heavy atom. The van der Waals surface area contributed by atoms with Crippen molar-refractivity contribution in [2.24, 2.45) is 0 Å². The molecule has 5 nitrogen and oxygen atoms in total. The lowest BCUT2D eigenvalue weighted by atomic mass is 9.95. The Morgan fingerprint density at radius 2 is 1.88 bits per heavy atom. The van der Waals surface area contributed by atoms with Gasteiger partial charge in [0, 0.05) is 28.9 Å². The van der Waals surface area contributed by atoms with E-state index in [4.69, 9.17) is 11.6 Å². The number of hydrogen-bond acceptors (Lipinski definition) is 3. The van der Waals surface area contributed by atoms with Gasteiger partial charge in [-0.1, -0.05) is 11.6 Å². The molecule has 0 saturated carbocycles. The monoisotopic (exact) mass is 462 g/mol. The Bertz CT molecular complexity index is 1250. The van der Waals surface area contributed by atoms with Crippen molar-refractivity contribution in [2.75, 3.05) is 5.32 Å². The fourth-order valence-corrected chi connectivity index (χ4v) is 4.83. The minimum absolute atomic E-state index is 0.0897. The highest BCUT2D eigenvalue weighted by Gasteiger charge is 2.43. The van der Waals surface area contributed by atoms with Gasteiger partial charge in [-0.15, -0.1) is 0 Å². The van der Waals surface area contributed by atoms with Crippen LogP contribution in [0.1, 0.15) is 30.0 Å². The first kappa shape index (κ1) is 20.7. The summed E-state index contributed by atoms with van der Waals surface area (Å²) in [6.45, 7) is 0. The molecule has 1 fully saturated rings. The maximum absolute atomic E-state index is 14.8. The second kappa shape index (κ2) is 7.74. The summed E-state index contributed by atoms with van der Waals surface area (Å²) < 4.78 is 56.4. The number of halogens is 5. The van der Waals surface area contributed by atoms with Crippen LogP contribution in [0.4, 0.5) is 28.0 Å². The van der Waals surface area contributed by atoms with Crippen LogP contribution in [0, 0.1) is 23.5 Å². The van der Waals surface area contributed by atoms with E-state index in [0.717, 1.165) is 18.2 Å². The van der Waals surface area contributed by atoms with Gasteiger partial charge < -0.3 is 10.2 Å². The van der Waals surface area contributed by atoms with Crippen molar-refractivity contribution in [1.82, 2.24) is 14.9 Å². The highest BCUT2D eigenvalue weighted by atomic mass is 35.5. The van der Waals surface area contributed by atoms with Crippen molar-refractivity contribution >= 4 is 23.3 Å². The van der Waals surface area contributed by atoms with Gasteiger partial charge >= 0.3 is 6.03 Å². The van der Waals surface area contributed by atoms with Crippen LogP contribution >= 0.6 is 11.6 Å². The third-order valence-electron chi connectivity index (χ3n) is 5.97. The SMILES string of the molecule is O=C(Nc1cc(Cl)c(-c2cc(F)cnc2F)cc1F)N1[C@H]2CC[C@@H]1c1ccnc(F)c1C2. The third kappa shape index (κ3) is 3.37. The average Bonchev–Trinajstić information content (AvgIpc) is 3.08. The van der Waals surface area contributed by atoms with Crippen LogP contribution in [0.2, 0.25) is 5.02 Å². The maximum Gasteiger partial charge on any atom is 0.322 e. The molecular weight excluding hydrogens is 448 g/mol. The number of nitrogens with one attached hydrogen (secondary N) is 1. The number of urea groups is 1. The summed E-state index contributed by atoms with van der Waals surface area (Å²) in [5.41, 5.74) is 0.604. The molecule has 2 bridgehead atoms. The number of amides is 2. The number of hydrogen-bond donors (Lipinski definition) is 1. The Hall–Kier alpha value is -3.20. The highest BCUT2D eigenvalue weighted by molar-refractivity contribution is 6.33. The normalized spacial score (nSPS) is 19.1. The Kier molecular flexibility index (Phi) is 5.00. The topological polar surface area (TPSA) is 58.1 Å². The lowest BCUT2D eigenvalue weighted by Crippen LogP contribution is -2.44. The molecule has 2 aliphatic rings. The number of nitrogens with zero attached hydrogens (tertiary/aromatic N) is 3. The zero-order valence-electron chi connectivity index (χ0n) is 16.4. The number of carbonyl (C=O) groups is 1. The number of fused-ring (bicyclic) bond motifs is 4. The van der Waals surface area contributed by atoms with E-state index in [1.807, 2.05) is 0 Å². The molecule has 2 aromatic heterocycles. The largest absolute Gasteiger partial charge is 0.322 e. The van der Waals surface area contributed by atoms with Crippen molar-refractivity contribution in [1.29, 1.82) is 0 Å². The van der Waals surface area contributed by atoms with Crippen molar-refractivity contribution in [3.63, 3.8) is 0 Å². The number of carbonyl (C=O) groups excluding carboxylic acids is 1. The van der Waals surface area contributed by atoms with E-state index in [1.54, 1.807) is 11.0 Å². The molecule has 0 aliphatic carbocycles. The first-order valence-corrected chi connectivity index (χ1v) is 10.2. The third-order valence-corrected chi connectivity index (χ3v) is 6.28. The van der Waals surface area contributed by atoms with E-state index in [1.165, 1.54) is 6.20 Å². The van der Waals surface area contributed by atoms with Crippen LogP contribution in [-0.4, -0.2) is 26.9 Å². The number of aromatic nitrogens is 2. The Labute approximate surface area is 185 Å². The predicted molar refractivity (Wildman–Crippen MR) is 109 cm³/mol. The van der Waals surface area contributed by atoms with Gasteiger partial charge in [0.1, 0.15) is 11.6 Å². The summed E-state index contributed by atoms with van der Waals surface area (Å²) in [6.07, 6.45) is 3.72. The van der Waals surface area contributed by atoms with Gasteiger partial charge in [-0.2, -0.15) is 8.78 Å². The molecule has 1 aromatic carbocycles. The molecule has 1 N–H and O–H groups in total. The molecule has 2 atom stereocenters. The van der Waals surface area contributed by atoms with Gasteiger partial charge in [0.15, 0.2) is 0 Å². The zero-order valence-corrected chi connectivity index (χ0v) is 17.1. The molecule has 1 saturated heterocycles. The van der Waals surface area contributed by atoms with E-state index < -0.39 is 29.6 Å². The fraction of sp³-hybridized carbons (Fsp3) is 0.227. The van der Waals surface area contributed by atoms with Crippen molar-refractivity contribution in [3.05, 3.63) is 76.3 Å². The first-order chi connectivity index (χ1) is 15.3. The van der Waals surface area contributed by atoms with Gasteiger partial charge in [0.2, 0.25) is 11.9 Å². The first-order valence-electron chi connectivity index (χ1n) is 9.86. The lowest BCUT2D eigenvalue weighted by molar-refractivity contribution is 0.178. The Morgan fingerprint density at radius 3 is 2.69 bits per heavy atom. The van der Waals surface area contributed by atoms with E-state index in [0.29, 0.717) is 36.6 Å². The standard InChI is InChI=1S/C22H15ClF4N4O/c23-16-8-18(17(25)7-13(16)14-5-10(24)9-29-21(14)27)30-22(32)31-11-1-2-19(31)12-3-4-28-20(26)15(12)6-11/h3-5,7-9,11,19H,1-2,6H2,(H,30,32)/t11-,19+/m0/s1. The van der Waals surface area contributed by atoms with E-state index >= 15 is 0 Å². The van der Waals surface area contributed by atoms with Crippen molar-refractivity contribution < 1.29 is 22.4 Å². The second-order valence-electron chi connectivity index (χ2n) is 7.76. The van der Waals surface area contributed by atoms with Crippen LogP contribution in [0.5, 0.6) is 0 Å². The molecule has 2 amide bonds. The van der Waals surface area contributed by atoms with E-state index in [2.05, 4.69) is 15.3 Å². The smallest absolute Gasteiger partial charge is 0.314 e. The number of rotatable bonds is 2. The quantitative estimate of drug-likeness (QED) is 0.395. The van der Waals surface area contributed by atoms with Crippen LogP contribution in [0.3, 0.4) is 0 Å². The fourth-order valence-electron chi connectivity index (χ4n) is 4.57. The van der Waals surface area contributed by atoms with E-state index in [9.17, 15) is 22.4 Å². The molecule has 5 rings (SSSR count). The van der Waals surface area contributed by atoms with Crippen LogP contribution in [-0.2, 0) is 6.42 Å². The minimum Gasteiger partial charge on any atom is -0.314 e. The van der Waals surface area contributed by atoms with Gasteiger partial charge in [0.25, 0.3) is 0 Å². The second-order valence-corrected chi connectivity index (χ2v) is 8.17. The van der Waals surface area contributed by atoms with Gasteiger partial charge in [-0.05, 0) is 49.1 Å². The molecular formula is C22H15ClF4N4O. The van der Waals surface area contributed by atoms with Gasteiger partial charge in [-0.25, -0.2) is 23.5 Å². The maximum atomic E-state index is 14.8. The van der Waals surface area contributed by atoms with Crippen LogP contribution < -0.4 is 5.32 Å². The molecule has 32 heavy (non-hydrogen) atoms. The number of benzene rings is 1. The molecule has 10 heteroatoms. The molecule has 4 heterocycles.